The molecule has 4 nitrogen and oxygen atoms in total. The summed E-state index contributed by atoms with van der Waals surface area (Å²) in [5.41, 5.74) is 2.79. The molecule has 3 rings (SSSR count). The van der Waals surface area contributed by atoms with Crippen LogP contribution < -0.4 is 4.72 Å². The van der Waals surface area contributed by atoms with E-state index >= 15 is 0 Å². The highest BCUT2D eigenvalue weighted by Crippen LogP contribution is 2.22. The lowest BCUT2D eigenvalue weighted by Crippen LogP contribution is -2.14. The van der Waals surface area contributed by atoms with Gasteiger partial charge in [-0.1, -0.05) is 48.5 Å². The van der Waals surface area contributed by atoms with Crippen LogP contribution in [0, 0.1) is 6.92 Å². The maximum absolute atomic E-state index is 12.5. The highest BCUT2D eigenvalue weighted by molar-refractivity contribution is 7.92. The zero-order valence-corrected chi connectivity index (χ0v) is 13.4. The normalized spacial score (nSPS) is 11.2. The number of anilines is 1. The molecule has 0 amide bonds. The SMILES string of the molecule is Cc1cccnc1NS(=O)(=O)c1ccc(-c2ccccc2)cc1. The first kappa shape index (κ1) is 15.2. The zero-order chi connectivity index (χ0) is 16.3. The summed E-state index contributed by atoms with van der Waals surface area (Å²) >= 11 is 0. The number of aryl methyl sites for hydroxylation is 1. The van der Waals surface area contributed by atoms with Gasteiger partial charge in [0.05, 0.1) is 4.90 Å². The quantitative estimate of drug-likeness (QED) is 0.793. The molecule has 0 fully saturated rings. The highest BCUT2D eigenvalue weighted by Gasteiger charge is 2.15. The second kappa shape index (κ2) is 6.22. The van der Waals surface area contributed by atoms with Gasteiger partial charge in [-0.05, 0) is 41.8 Å². The Balaban J connectivity index is 1.88. The third kappa shape index (κ3) is 3.40. The number of nitrogens with zero attached hydrogens (tertiary/aromatic N) is 1. The van der Waals surface area contributed by atoms with E-state index in [9.17, 15) is 8.42 Å². The molecule has 2 aromatic carbocycles. The van der Waals surface area contributed by atoms with Gasteiger partial charge in [0.25, 0.3) is 10.0 Å². The molecule has 0 aliphatic rings. The van der Waals surface area contributed by atoms with Crippen LogP contribution in [-0.4, -0.2) is 13.4 Å². The van der Waals surface area contributed by atoms with Gasteiger partial charge in [0.1, 0.15) is 5.82 Å². The first-order valence-electron chi connectivity index (χ1n) is 7.16. The lowest BCUT2D eigenvalue weighted by molar-refractivity contribution is 0.601. The van der Waals surface area contributed by atoms with Crippen LogP contribution in [-0.2, 0) is 10.0 Å². The monoisotopic (exact) mass is 324 g/mol. The third-order valence-corrected chi connectivity index (χ3v) is 4.87. The number of rotatable bonds is 4. The standard InChI is InChI=1S/C18H16N2O2S/c1-14-6-5-13-19-18(14)20-23(21,22)17-11-9-16(10-12-17)15-7-3-2-4-8-15/h2-13H,1H3,(H,19,20). The topological polar surface area (TPSA) is 59.1 Å². The van der Waals surface area contributed by atoms with Gasteiger partial charge in [-0.15, -0.1) is 0 Å². The van der Waals surface area contributed by atoms with Gasteiger partial charge >= 0.3 is 0 Å². The van der Waals surface area contributed by atoms with E-state index in [1.165, 1.54) is 0 Å². The molecule has 23 heavy (non-hydrogen) atoms. The van der Waals surface area contributed by atoms with E-state index in [0.717, 1.165) is 16.7 Å². The minimum absolute atomic E-state index is 0.210. The van der Waals surface area contributed by atoms with Crippen LogP contribution in [0.2, 0.25) is 0 Å². The van der Waals surface area contributed by atoms with Crippen molar-refractivity contribution in [3.8, 4) is 11.1 Å². The van der Waals surface area contributed by atoms with E-state index in [1.54, 1.807) is 36.5 Å². The number of nitrogens with one attached hydrogen (secondary N) is 1. The molecular weight excluding hydrogens is 308 g/mol. The molecule has 1 aromatic heterocycles. The van der Waals surface area contributed by atoms with Gasteiger partial charge in [-0.2, -0.15) is 0 Å². The van der Waals surface area contributed by atoms with Gasteiger partial charge in [-0.3, -0.25) is 4.72 Å². The molecule has 1 heterocycles. The fourth-order valence-electron chi connectivity index (χ4n) is 2.24. The van der Waals surface area contributed by atoms with Crippen molar-refractivity contribution in [2.45, 2.75) is 11.8 Å². The smallest absolute Gasteiger partial charge is 0.263 e. The Morgan fingerprint density at radius 2 is 1.48 bits per heavy atom. The fourth-order valence-corrected chi connectivity index (χ4v) is 3.32. The van der Waals surface area contributed by atoms with Crippen LogP contribution in [0.15, 0.2) is 77.8 Å². The number of hydrogen-bond donors (Lipinski definition) is 1. The van der Waals surface area contributed by atoms with E-state index in [2.05, 4.69) is 9.71 Å². The van der Waals surface area contributed by atoms with Crippen LogP contribution in [0.1, 0.15) is 5.56 Å². The molecule has 3 aromatic rings. The number of hydrogen-bond acceptors (Lipinski definition) is 3. The second-order valence-corrected chi connectivity index (χ2v) is 6.85. The van der Waals surface area contributed by atoms with Crippen molar-refractivity contribution < 1.29 is 8.42 Å². The molecule has 0 bridgehead atoms. The third-order valence-electron chi connectivity index (χ3n) is 3.51. The Kier molecular flexibility index (Phi) is 4.12. The first-order valence-corrected chi connectivity index (χ1v) is 8.64. The van der Waals surface area contributed by atoms with Crippen LogP contribution in [0.25, 0.3) is 11.1 Å². The zero-order valence-electron chi connectivity index (χ0n) is 12.6. The van der Waals surface area contributed by atoms with E-state index in [4.69, 9.17) is 0 Å². The molecule has 1 N–H and O–H groups in total. The van der Waals surface area contributed by atoms with Crippen molar-refractivity contribution in [1.82, 2.24) is 4.98 Å². The molecule has 0 saturated heterocycles. The van der Waals surface area contributed by atoms with E-state index in [-0.39, 0.29) is 4.90 Å². The van der Waals surface area contributed by atoms with Gasteiger partial charge in [0.2, 0.25) is 0 Å². The summed E-state index contributed by atoms with van der Waals surface area (Å²) in [6.45, 7) is 1.81. The van der Waals surface area contributed by atoms with Crippen molar-refractivity contribution in [2.75, 3.05) is 4.72 Å². The number of aromatic nitrogens is 1. The predicted octanol–water partition coefficient (Wildman–Crippen LogP) is 3.86. The maximum Gasteiger partial charge on any atom is 0.263 e. The maximum atomic E-state index is 12.5. The van der Waals surface area contributed by atoms with Crippen LogP contribution >= 0.6 is 0 Å². The molecule has 0 aliphatic heterocycles. The van der Waals surface area contributed by atoms with Crippen molar-refractivity contribution in [1.29, 1.82) is 0 Å². The average molecular weight is 324 g/mol. The Bertz CT molecular complexity index is 905. The Morgan fingerprint density at radius 1 is 0.826 bits per heavy atom. The number of benzene rings is 2. The van der Waals surface area contributed by atoms with Gasteiger partial charge in [-0.25, -0.2) is 13.4 Å². The lowest BCUT2D eigenvalue weighted by Gasteiger charge is -2.10. The fraction of sp³-hybridized carbons (Fsp3) is 0.0556. The first-order chi connectivity index (χ1) is 11.1. The summed E-state index contributed by atoms with van der Waals surface area (Å²) < 4.78 is 27.4. The number of pyridine rings is 1. The second-order valence-electron chi connectivity index (χ2n) is 5.16. The minimum Gasteiger partial charge on any atom is -0.263 e. The molecule has 0 radical (unpaired) electrons. The van der Waals surface area contributed by atoms with Gasteiger partial charge < -0.3 is 0 Å². The Labute approximate surface area is 135 Å². The Hall–Kier alpha value is -2.66. The molecule has 116 valence electrons. The molecule has 0 aliphatic carbocycles. The molecule has 5 heteroatoms. The Morgan fingerprint density at radius 3 is 2.13 bits per heavy atom. The van der Waals surface area contributed by atoms with Crippen LogP contribution in [0.5, 0.6) is 0 Å². The van der Waals surface area contributed by atoms with Gasteiger partial charge in [0, 0.05) is 6.20 Å². The summed E-state index contributed by atoms with van der Waals surface area (Å²) in [6.07, 6.45) is 1.56. The molecule has 0 spiro atoms. The van der Waals surface area contributed by atoms with E-state index in [0.29, 0.717) is 5.82 Å². The predicted molar refractivity (Wildman–Crippen MR) is 91.7 cm³/mol. The minimum atomic E-state index is -3.65. The van der Waals surface area contributed by atoms with Crippen LogP contribution in [0.3, 0.4) is 0 Å². The van der Waals surface area contributed by atoms with Crippen molar-refractivity contribution in [2.24, 2.45) is 0 Å². The summed E-state index contributed by atoms with van der Waals surface area (Å²) in [6, 6.07) is 20.2. The summed E-state index contributed by atoms with van der Waals surface area (Å²) in [4.78, 5) is 4.27. The molecule has 0 unspecified atom stereocenters. The van der Waals surface area contributed by atoms with Crippen molar-refractivity contribution in [3.63, 3.8) is 0 Å². The summed E-state index contributed by atoms with van der Waals surface area (Å²) in [5, 5.41) is 0. The number of sulfonamides is 1. The van der Waals surface area contributed by atoms with E-state index in [1.807, 2.05) is 43.3 Å². The summed E-state index contributed by atoms with van der Waals surface area (Å²) in [5.74, 6) is 0.347. The largest absolute Gasteiger partial charge is 0.263 e. The molecule has 0 saturated carbocycles. The van der Waals surface area contributed by atoms with Crippen molar-refractivity contribution >= 4 is 15.8 Å². The lowest BCUT2D eigenvalue weighted by atomic mass is 10.1. The molecule has 0 atom stereocenters. The van der Waals surface area contributed by atoms with Crippen LogP contribution in [0.4, 0.5) is 5.82 Å². The summed E-state index contributed by atoms with van der Waals surface area (Å²) in [7, 11) is -3.65. The highest BCUT2D eigenvalue weighted by atomic mass is 32.2. The van der Waals surface area contributed by atoms with Gasteiger partial charge in [0.15, 0.2) is 0 Å². The van der Waals surface area contributed by atoms with Crippen molar-refractivity contribution in [3.05, 3.63) is 78.5 Å². The molecular formula is C18H16N2O2S. The average Bonchev–Trinajstić information content (AvgIpc) is 2.58. The van der Waals surface area contributed by atoms with E-state index < -0.39 is 10.0 Å².